The van der Waals surface area contributed by atoms with Crippen LogP contribution in [0.1, 0.15) is 5.89 Å². The van der Waals surface area contributed by atoms with Crippen molar-refractivity contribution in [2.45, 2.75) is 11.8 Å². The van der Waals surface area contributed by atoms with E-state index in [1.165, 1.54) is 12.1 Å². The lowest BCUT2D eigenvalue weighted by molar-refractivity contribution is 0.394. The Morgan fingerprint density at radius 3 is 2.72 bits per heavy atom. The average molecular weight is 373 g/mol. The molecule has 0 amide bonds. The highest BCUT2D eigenvalue weighted by atomic mass is 32.2. The Morgan fingerprint density at radius 2 is 1.92 bits per heavy atom. The van der Waals surface area contributed by atoms with E-state index in [1.54, 1.807) is 37.3 Å². The minimum atomic E-state index is -3.77. The molecule has 0 fully saturated rings. The van der Waals surface area contributed by atoms with Crippen LogP contribution >= 0.6 is 11.7 Å². The summed E-state index contributed by atoms with van der Waals surface area (Å²) in [5.41, 5.74) is 2.34. The molecule has 0 saturated carbocycles. The van der Waals surface area contributed by atoms with Crippen LogP contribution in [0.5, 0.6) is 0 Å². The smallest absolute Gasteiger partial charge is 0.261 e. The van der Waals surface area contributed by atoms with Gasteiger partial charge in [0.05, 0.1) is 22.3 Å². The molecule has 0 radical (unpaired) electrons. The molecule has 0 bridgehead atoms. The molecule has 0 aliphatic carbocycles. The zero-order chi connectivity index (χ0) is 17.4. The Hall–Kier alpha value is -2.85. The van der Waals surface area contributed by atoms with E-state index in [0.29, 0.717) is 28.5 Å². The van der Waals surface area contributed by atoms with E-state index >= 15 is 0 Å². The highest BCUT2D eigenvalue weighted by Gasteiger charge is 2.17. The standard InChI is InChI=1S/C15H11N5O3S2/c1-9-16-15(17-23-9)10-3-2-4-12(7-10)25(21,22)20-11-5-6-13-14(8-11)19-24-18-13/h2-8,20H,1H3. The highest BCUT2D eigenvalue weighted by molar-refractivity contribution is 7.92. The second kappa shape index (κ2) is 5.90. The predicted octanol–water partition coefficient (Wildman–Crippen LogP) is 2.85. The van der Waals surface area contributed by atoms with Crippen molar-refractivity contribution in [2.24, 2.45) is 0 Å². The van der Waals surface area contributed by atoms with Gasteiger partial charge in [0.1, 0.15) is 11.0 Å². The van der Waals surface area contributed by atoms with Crippen LogP contribution in [0, 0.1) is 6.92 Å². The number of nitrogens with one attached hydrogen (secondary N) is 1. The first kappa shape index (κ1) is 15.7. The highest BCUT2D eigenvalue weighted by Crippen LogP contribution is 2.23. The van der Waals surface area contributed by atoms with Gasteiger partial charge in [-0.2, -0.15) is 13.7 Å². The summed E-state index contributed by atoms with van der Waals surface area (Å²) in [6.07, 6.45) is 0. The molecule has 0 aliphatic heterocycles. The van der Waals surface area contributed by atoms with E-state index in [4.69, 9.17) is 4.52 Å². The monoisotopic (exact) mass is 373 g/mol. The van der Waals surface area contributed by atoms with E-state index in [2.05, 4.69) is 23.6 Å². The number of nitrogens with zero attached hydrogens (tertiary/aromatic N) is 4. The van der Waals surface area contributed by atoms with E-state index in [9.17, 15) is 8.42 Å². The number of benzene rings is 2. The predicted molar refractivity (Wildman–Crippen MR) is 92.7 cm³/mol. The van der Waals surface area contributed by atoms with Gasteiger partial charge in [0.25, 0.3) is 10.0 Å². The number of sulfonamides is 1. The van der Waals surface area contributed by atoms with E-state index in [1.807, 2.05) is 0 Å². The number of hydrogen-bond donors (Lipinski definition) is 1. The van der Waals surface area contributed by atoms with Crippen LogP contribution in [0.4, 0.5) is 5.69 Å². The van der Waals surface area contributed by atoms with Crippen molar-refractivity contribution >= 4 is 38.5 Å². The Balaban J connectivity index is 1.67. The van der Waals surface area contributed by atoms with Gasteiger partial charge >= 0.3 is 0 Å². The summed E-state index contributed by atoms with van der Waals surface area (Å²) in [6, 6.07) is 11.3. The summed E-state index contributed by atoms with van der Waals surface area (Å²) < 4.78 is 41.0. The van der Waals surface area contributed by atoms with Gasteiger partial charge in [-0.25, -0.2) is 8.42 Å². The molecule has 25 heavy (non-hydrogen) atoms. The molecule has 0 atom stereocenters. The zero-order valence-corrected chi connectivity index (χ0v) is 14.5. The molecule has 2 aromatic carbocycles. The Kier molecular flexibility index (Phi) is 3.70. The summed E-state index contributed by atoms with van der Waals surface area (Å²) in [5, 5.41) is 3.81. The molecule has 0 aliphatic rings. The Labute approximate surface area is 146 Å². The summed E-state index contributed by atoms with van der Waals surface area (Å²) >= 11 is 1.08. The minimum absolute atomic E-state index is 0.101. The van der Waals surface area contributed by atoms with Gasteiger partial charge in [-0.15, -0.1) is 0 Å². The first-order valence-electron chi connectivity index (χ1n) is 7.17. The van der Waals surface area contributed by atoms with Gasteiger partial charge in [0.2, 0.25) is 11.7 Å². The number of rotatable bonds is 4. The first-order chi connectivity index (χ1) is 12.0. The van der Waals surface area contributed by atoms with Crippen LogP contribution < -0.4 is 4.72 Å². The van der Waals surface area contributed by atoms with Crippen molar-refractivity contribution in [1.29, 1.82) is 0 Å². The van der Waals surface area contributed by atoms with Crippen molar-refractivity contribution in [3.05, 3.63) is 48.4 Å². The van der Waals surface area contributed by atoms with Crippen LogP contribution in [0.15, 0.2) is 51.9 Å². The van der Waals surface area contributed by atoms with Gasteiger partial charge in [-0.3, -0.25) is 4.72 Å². The molecule has 2 heterocycles. The summed E-state index contributed by atoms with van der Waals surface area (Å²) in [7, 11) is -3.77. The molecule has 2 aromatic heterocycles. The van der Waals surface area contributed by atoms with Gasteiger partial charge in [0.15, 0.2) is 0 Å². The quantitative estimate of drug-likeness (QED) is 0.585. The third kappa shape index (κ3) is 3.08. The van der Waals surface area contributed by atoms with Crippen molar-refractivity contribution in [2.75, 3.05) is 4.72 Å². The molecule has 8 nitrogen and oxygen atoms in total. The molecule has 10 heteroatoms. The molecule has 4 aromatic rings. The van der Waals surface area contributed by atoms with Crippen molar-refractivity contribution in [1.82, 2.24) is 18.9 Å². The molecule has 1 N–H and O–H groups in total. The molecule has 126 valence electrons. The summed E-state index contributed by atoms with van der Waals surface area (Å²) in [5.74, 6) is 0.746. The third-order valence-electron chi connectivity index (χ3n) is 3.44. The Morgan fingerprint density at radius 1 is 1.08 bits per heavy atom. The lowest BCUT2D eigenvalue weighted by Crippen LogP contribution is -2.13. The molecule has 0 spiro atoms. The Bertz CT molecular complexity index is 1170. The normalized spacial score (nSPS) is 11.7. The molecule has 4 rings (SSSR count). The van der Waals surface area contributed by atoms with E-state index in [-0.39, 0.29) is 4.90 Å². The lowest BCUT2D eigenvalue weighted by Gasteiger charge is -2.08. The average Bonchev–Trinajstić information content (AvgIpc) is 3.23. The second-order valence-electron chi connectivity index (χ2n) is 5.24. The van der Waals surface area contributed by atoms with Crippen LogP contribution in [-0.4, -0.2) is 27.3 Å². The van der Waals surface area contributed by atoms with Crippen molar-refractivity contribution < 1.29 is 12.9 Å². The maximum Gasteiger partial charge on any atom is 0.261 e. The van der Waals surface area contributed by atoms with Crippen LogP contribution in [0.25, 0.3) is 22.4 Å². The summed E-state index contributed by atoms with van der Waals surface area (Å²) in [6.45, 7) is 1.67. The van der Waals surface area contributed by atoms with Gasteiger partial charge in [-0.1, -0.05) is 17.3 Å². The first-order valence-corrected chi connectivity index (χ1v) is 9.38. The van der Waals surface area contributed by atoms with Crippen molar-refractivity contribution in [3.8, 4) is 11.4 Å². The molecular weight excluding hydrogens is 362 g/mol. The third-order valence-corrected chi connectivity index (χ3v) is 5.37. The van der Waals surface area contributed by atoms with E-state index in [0.717, 1.165) is 17.2 Å². The fourth-order valence-corrected chi connectivity index (χ4v) is 3.89. The van der Waals surface area contributed by atoms with E-state index < -0.39 is 10.0 Å². The number of aryl methyl sites for hydroxylation is 1. The molecular formula is C15H11N5O3S2. The topological polar surface area (TPSA) is 111 Å². The second-order valence-corrected chi connectivity index (χ2v) is 7.45. The lowest BCUT2D eigenvalue weighted by atomic mass is 10.2. The van der Waals surface area contributed by atoms with Gasteiger partial charge in [-0.05, 0) is 30.3 Å². The molecule has 0 unspecified atom stereocenters. The SMILES string of the molecule is Cc1nc(-c2cccc(S(=O)(=O)Nc3ccc4nsnc4c3)c2)no1. The maximum atomic E-state index is 12.7. The number of anilines is 1. The summed E-state index contributed by atoms with van der Waals surface area (Å²) in [4.78, 5) is 4.21. The van der Waals surface area contributed by atoms with Gasteiger partial charge < -0.3 is 4.52 Å². The van der Waals surface area contributed by atoms with Crippen LogP contribution in [0.2, 0.25) is 0 Å². The maximum absolute atomic E-state index is 12.7. The number of fused-ring (bicyclic) bond motifs is 1. The molecule has 0 saturated heterocycles. The number of hydrogen-bond acceptors (Lipinski definition) is 8. The van der Waals surface area contributed by atoms with Gasteiger partial charge in [0, 0.05) is 12.5 Å². The van der Waals surface area contributed by atoms with Crippen LogP contribution in [-0.2, 0) is 10.0 Å². The van der Waals surface area contributed by atoms with Crippen molar-refractivity contribution in [3.63, 3.8) is 0 Å². The van der Waals surface area contributed by atoms with Crippen LogP contribution in [0.3, 0.4) is 0 Å². The fraction of sp³-hybridized carbons (Fsp3) is 0.0667. The largest absolute Gasteiger partial charge is 0.339 e. The minimum Gasteiger partial charge on any atom is -0.339 e. The number of aromatic nitrogens is 4. The fourth-order valence-electron chi connectivity index (χ4n) is 2.28. The zero-order valence-electron chi connectivity index (χ0n) is 12.9.